The van der Waals surface area contributed by atoms with Crippen LogP contribution in [0.3, 0.4) is 0 Å². The number of hydrogen-bond acceptors (Lipinski definition) is 5. The number of nitrogens with one attached hydrogen (secondary N) is 2. The number of thiophene rings is 1. The van der Waals surface area contributed by atoms with Crippen molar-refractivity contribution in [1.82, 2.24) is 10.6 Å². The van der Waals surface area contributed by atoms with Crippen LogP contribution in [0.15, 0.2) is 40.7 Å². The van der Waals surface area contributed by atoms with Crippen molar-refractivity contribution in [1.29, 1.82) is 0 Å². The highest BCUT2D eigenvalue weighted by molar-refractivity contribution is 14.0. The fourth-order valence-electron chi connectivity index (χ4n) is 2.53. The maximum Gasteiger partial charge on any atom is 0.191 e. The van der Waals surface area contributed by atoms with Crippen LogP contribution in [0.25, 0.3) is 0 Å². The van der Waals surface area contributed by atoms with Crippen LogP contribution < -0.4 is 20.1 Å². The Balaban J connectivity index is 0.00000392. The first-order valence-corrected chi connectivity index (χ1v) is 9.96. The third-order valence-electron chi connectivity index (χ3n) is 3.94. The monoisotopic (exact) mass is 519 g/mol. The van der Waals surface area contributed by atoms with Crippen LogP contribution in [-0.4, -0.2) is 37.9 Å². The van der Waals surface area contributed by atoms with Gasteiger partial charge in [0.05, 0.1) is 26.8 Å². The Bertz CT molecular complexity index is 736. The molecule has 2 rings (SSSR count). The molecule has 0 spiro atoms. The first-order valence-electron chi connectivity index (χ1n) is 9.08. The summed E-state index contributed by atoms with van der Waals surface area (Å²) in [4.78, 5) is 5.53. The summed E-state index contributed by atoms with van der Waals surface area (Å²) in [6.07, 6.45) is 0. The lowest BCUT2D eigenvalue weighted by atomic mass is 10.1. The lowest BCUT2D eigenvalue weighted by Gasteiger charge is -2.23. The standard InChI is InChI=1S/C20H29N3O3S.HI/c1-5-21-19(23-14-20(3,24)18-8-7-11-27-18)22-13-15-9-10-16(26-6-2)17(12-15)25-4;/h7-12,24H,5-6,13-14H2,1-4H3,(H2,21,22,23);1H. The van der Waals surface area contributed by atoms with Gasteiger partial charge in [-0.05, 0) is 49.9 Å². The lowest BCUT2D eigenvalue weighted by Crippen LogP contribution is -2.44. The van der Waals surface area contributed by atoms with Crippen molar-refractivity contribution in [2.24, 2.45) is 4.99 Å². The second-order valence-electron chi connectivity index (χ2n) is 6.22. The SMILES string of the molecule is CCNC(=NCc1ccc(OCC)c(OC)c1)NCC(C)(O)c1cccs1.I. The fourth-order valence-corrected chi connectivity index (χ4v) is 3.31. The van der Waals surface area contributed by atoms with Crippen molar-refractivity contribution < 1.29 is 14.6 Å². The van der Waals surface area contributed by atoms with Crippen molar-refractivity contribution in [3.63, 3.8) is 0 Å². The smallest absolute Gasteiger partial charge is 0.191 e. The second-order valence-corrected chi connectivity index (χ2v) is 7.17. The summed E-state index contributed by atoms with van der Waals surface area (Å²) < 4.78 is 10.9. The van der Waals surface area contributed by atoms with Gasteiger partial charge in [0.25, 0.3) is 0 Å². The third kappa shape index (κ3) is 7.14. The van der Waals surface area contributed by atoms with Crippen LogP contribution in [0, 0.1) is 0 Å². The number of rotatable bonds is 9. The van der Waals surface area contributed by atoms with E-state index in [0.29, 0.717) is 31.4 Å². The molecule has 1 unspecified atom stereocenters. The van der Waals surface area contributed by atoms with Crippen LogP contribution in [0.4, 0.5) is 0 Å². The van der Waals surface area contributed by atoms with Crippen LogP contribution in [0.1, 0.15) is 31.2 Å². The molecule has 2 aromatic rings. The number of benzene rings is 1. The third-order valence-corrected chi connectivity index (χ3v) is 5.07. The molecule has 6 nitrogen and oxygen atoms in total. The molecule has 0 fully saturated rings. The van der Waals surface area contributed by atoms with Gasteiger partial charge in [0.15, 0.2) is 17.5 Å². The Morgan fingerprint density at radius 2 is 2.00 bits per heavy atom. The zero-order valence-corrected chi connectivity index (χ0v) is 20.0. The molecule has 0 aliphatic rings. The quantitative estimate of drug-likeness (QED) is 0.268. The maximum atomic E-state index is 10.7. The van der Waals surface area contributed by atoms with Gasteiger partial charge in [-0.25, -0.2) is 4.99 Å². The van der Waals surface area contributed by atoms with E-state index in [0.717, 1.165) is 22.7 Å². The molecule has 8 heteroatoms. The largest absolute Gasteiger partial charge is 0.493 e. The average molecular weight is 519 g/mol. The molecule has 0 saturated heterocycles. The van der Waals surface area contributed by atoms with Gasteiger partial charge in [-0.15, -0.1) is 35.3 Å². The number of methoxy groups -OCH3 is 1. The molecule has 1 aromatic heterocycles. The minimum absolute atomic E-state index is 0. The molecule has 28 heavy (non-hydrogen) atoms. The van der Waals surface area contributed by atoms with Gasteiger partial charge in [0.1, 0.15) is 5.60 Å². The topological polar surface area (TPSA) is 75.1 Å². The van der Waals surface area contributed by atoms with Crippen molar-refractivity contribution >= 4 is 41.3 Å². The number of halogens is 1. The summed E-state index contributed by atoms with van der Waals surface area (Å²) in [5, 5.41) is 19.0. The zero-order chi connectivity index (χ0) is 19.7. The molecule has 0 radical (unpaired) electrons. The van der Waals surface area contributed by atoms with E-state index in [1.54, 1.807) is 14.0 Å². The summed E-state index contributed by atoms with van der Waals surface area (Å²) in [7, 11) is 1.63. The van der Waals surface area contributed by atoms with E-state index >= 15 is 0 Å². The molecule has 0 saturated carbocycles. The molecule has 156 valence electrons. The summed E-state index contributed by atoms with van der Waals surface area (Å²) in [6.45, 7) is 7.93. The minimum atomic E-state index is -0.952. The Hall–Kier alpha value is -1.52. The minimum Gasteiger partial charge on any atom is -0.493 e. The first-order chi connectivity index (χ1) is 13.0. The maximum absolute atomic E-state index is 10.7. The number of aliphatic imine (C=N–C) groups is 1. The van der Waals surface area contributed by atoms with Crippen molar-refractivity contribution in [2.45, 2.75) is 32.9 Å². The Kier molecular flexibility index (Phi) is 10.6. The van der Waals surface area contributed by atoms with E-state index in [1.807, 2.05) is 49.6 Å². The van der Waals surface area contributed by atoms with Gasteiger partial charge in [-0.2, -0.15) is 0 Å². The van der Waals surface area contributed by atoms with Crippen molar-refractivity contribution in [2.75, 3.05) is 26.8 Å². The zero-order valence-electron chi connectivity index (χ0n) is 16.8. The van der Waals surface area contributed by atoms with Crippen molar-refractivity contribution in [3.05, 3.63) is 46.2 Å². The molecule has 1 aromatic carbocycles. The van der Waals surface area contributed by atoms with Crippen LogP contribution in [0.2, 0.25) is 0 Å². The van der Waals surface area contributed by atoms with E-state index in [2.05, 4.69) is 15.6 Å². The van der Waals surface area contributed by atoms with E-state index in [4.69, 9.17) is 9.47 Å². The highest BCUT2D eigenvalue weighted by Crippen LogP contribution is 2.28. The Labute approximate surface area is 188 Å². The second kappa shape index (κ2) is 12.1. The van der Waals surface area contributed by atoms with E-state index in [1.165, 1.54) is 11.3 Å². The van der Waals surface area contributed by atoms with Gasteiger partial charge in [-0.1, -0.05) is 12.1 Å². The average Bonchev–Trinajstić information content (AvgIpc) is 3.21. The van der Waals surface area contributed by atoms with Crippen LogP contribution in [0.5, 0.6) is 11.5 Å². The predicted molar refractivity (Wildman–Crippen MR) is 126 cm³/mol. The molecule has 0 amide bonds. The summed E-state index contributed by atoms with van der Waals surface area (Å²) in [5.74, 6) is 2.08. The number of nitrogens with zero attached hydrogens (tertiary/aromatic N) is 1. The summed E-state index contributed by atoms with van der Waals surface area (Å²) in [5.41, 5.74) is 0.0599. The molecule has 0 bridgehead atoms. The predicted octanol–water partition coefficient (Wildman–Crippen LogP) is 3.74. The fraction of sp³-hybridized carbons (Fsp3) is 0.450. The van der Waals surface area contributed by atoms with Crippen LogP contribution >= 0.6 is 35.3 Å². The van der Waals surface area contributed by atoms with Gasteiger partial charge in [-0.3, -0.25) is 0 Å². The molecular formula is C20H30IN3O3S. The Morgan fingerprint density at radius 3 is 2.61 bits per heavy atom. The number of hydrogen-bond donors (Lipinski definition) is 3. The molecular weight excluding hydrogens is 489 g/mol. The van der Waals surface area contributed by atoms with E-state index in [9.17, 15) is 5.11 Å². The summed E-state index contributed by atoms with van der Waals surface area (Å²) in [6, 6.07) is 9.67. The number of aliphatic hydroxyl groups is 1. The lowest BCUT2D eigenvalue weighted by molar-refractivity contribution is 0.0655. The molecule has 3 N–H and O–H groups in total. The van der Waals surface area contributed by atoms with Gasteiger partial charge < -0.3 is 25.2 Å². The number of ether oxygens (including phenoxy) is 2. The highest BCUT2D eigenvalue weighted by atomic mass is 127. The first kappa shape index (κ1) is 24.5. The molecule has 0 aliphatic heterocycles. The molecule has 1 atom stereocenters. The van der Waals surface area contributed by atoms with Crippen molar-refractivity contribution in [3.8, 4) is 11.5 Å². The normalized spacial score (nSPS) is 13.2. The van der Waals surface area contributed by atoms with Gasteiger partial charge in [0, 0.05) is 11.4 Å². The van der Waals surface area contributed by atoms with Gasteiger partial charge >= 0.3 is 0 Å². The Morgan fingerprint density at radius 1 is 1.21 bits per heavy atom. The molecule has 1 heterocycles. The number of guanidine groups is 1. The van der Waals surface area contributed by atoms with E-state index in [-0.39, 0.29) is 24.0 Å². The molecule has 0 aliphatic carbocycles. The highest BCUT2D eigenvalue weighted by Gasteiger charge is 2.24. The van der Waals surface area contributed by atoms with E-state index < -0.39 is 5.60 Å². The summed E-state index contributed by atoms with van der Waals surface area (Å²) >= 11 is 1.54. The van der Waals surface area contributed by atoms with Gasteiger partial charge in [0.2, 0.25) is 0 Å². The van der Waals surface area contributed by atoms with Crippen LogP contribution in [-0.2, 0) is 12.1 Å².